The number of nitrogens with one attached hydrogen (secondary N) is 1. The van der Waals surface area contributed by atoms with Crippen LogP contribution in [0.5, 0.6) is 28.7 Å². The summed E-state index contributed by atoms with van der Waals surface area (Å²) in [6, 6.07) is 4.68. The van der Waals surface area contributed by atoms with Gasteiger partial charge in [0.25, 0.3) is 0 Å². The van der Waals surface area contributed by atoms with E-state index in [0.717, 1.165) is 0 Å². The number of ether oxygens (including phenoxy) is 4. The van der Waals surface area contributed by atoms with Gasteiger partial charge in [0.2, 0.25) is 11.7 Å². The van der Waals surface area contributed by atoms with Crippen LogP contribution in [0.15, 0.2) is 24.3 Å². The Hall–Kier alpha value is -4.25. The van der Waals surface area contributed by atoms with Crippen molar-refractivity contribution in [1.29, 1.82) is 0 Å². The van der Waals surface area contributed by atoms with Crippen molar-refractivity contribution in [3.8, 4) is 28.7 Å². The molecule has 0 fully saturated rings. The molecule has 1 aliphatic rings. The summed E-state index contributed by atoms with van der Waals surface area (Å²) in [4.78, 5) is 41.0. The zero-order valence-corrected chi connectivity index (χ0v) is 27.1. The normalized spacial score (nSPS) is 17.4. The fourth-order valence-electron chi connectivity index (χ4n) is 5.38. The number of carbonyl (C=O) groups is 3. The number of amides is 1. The number of fused-ring (bicyclic) bond motifs is 1. The summed E-state index contributed by atoms with van der Waals surface area (Å²) >= 11 is 0. The van der Waals surface area contributed by atoms with Gasteiger partial charge in [-0.2, -0.15) is 0 Å². The Kier molecular flexibility index (Phi) is 13.1. The molecule has 3 rings (SSSR count). The van der Waals surface area contributed by atoms with Crippen molar-refractivity contribution < 1.29 is 43.5 Å². The largest absolute Gasteiger partial charge is 0.507 e. The quantitative estimate of drug-likeness (QED) is 0.315. The molecule has 0 spiro atoms. The van der Waals surface area contributed by atoms with Gasteiger partial charge < -0.3 is 39.4 Å². The third-order valence-electron chi connectivity index (χ3n) is 7.76. The van der Waals surface area contributed by atoms with E-state index in [4.69, 9.17) is 18.9 Å². The van der Waals surface area contributed by atoms with Crippen LogP contribution in [-0.4, -0.2) is 87.4 Å². The number of methoxy groups -OCH3 is 3. The van der Waals surface area contributed by atoms with Crippen molar-refractivity contribution in [2.75, 3.05) is 48.5 Å². The van der Waals surface area contributed by atoms with Crippen LogP contribution in [-0.2, 0) is 14.3 Å². The molecular weight excluding hydrogens is 580 g/mol. The lowest BCUT2D eigenvalue weighted by Gasteiger charge is -2.24. The number of rotatable bonds is 10. The van der Waals surface area contributed by atoms with E-state index in [9.17, 15) is 24.6 Å². The number of aromatic hydroxyl groups is 2. The molecule has 1 amide bonds. The Balaban J connectivity index is 2.20. The Morgan fingerprint density at radius 2 is 1.71 bits per heavy atom. The van der Waals surface area contributed by atoms with Gasteiger partial charge in [-0.25, -0.2) is 4.79 Å². The summed E-state index contributed by atoms with van der Waals surface area (Å²) in [5, 5.41) is 26.1. The van der Waals surface area contributed by atoms with Gasteiger partial charge in [-0.05, 0) is 76.0 Å². The number of phenols is 2. The number of benzene rings is 2. The number of nitrogens with zero attached hydrogens (tertiary/aromatic N) is 1. The number of carbonyl (C=O) groups excluding carboxylic acids is 3. The second kappa shape index (κ2) is 16.7. The molecule has 2 atom stereocenters. The first-order valence-electron chi connectivity index (χ1n) is 15.2. The predicted octanol–water partition coefficient (Wildman–Crippen LogP) is 4.81. The fourth-order valence-corrected chi connectivity index (χ4v) is 5.38. The standard InChI is InChI=1S/C34H46N2O9/c1-21-11-10-14-24(37)13-9-7-8-12-22-17-26(38)31(32(40)30(22)34(41)45-21)25(20-29(39)35-15-16-36(2)3)23-18-27(42-4)33(44-6)28(19-23)43-5/h8,12,17-19,21,25,38,40H,7,9-11,13-16,20H2,1-6H3,(H,35,39)/b12-8+/t21-,25?/m0/s1. The first-order valence-corrected chi connectivity index (χ1v) is 15.2. The van der Waals surface area contributed by atoms with Gasteiger partial charge in [0.15, 0.2) is 11.5 Å². The Morgan fingerprint density at radius 1 is 1.04 bits per heavy atom. The van der Waals surface area contributed by atoms with Crippen LogP contribution in [0.4, 0.5) is 0 Å². The average molecular weight is 627 g/mol. The second-order valence-electron chi connectivity index (χ2n) is 11.4. The van der Waals surface area contributed by atoms with Crippen LogP contribution in [0.1, 0.15) is 84.8 Å². The van der Waals surface area contributed by atoms with E-state index in [-0.39, 0.29) is 40.6 Å². The number of cyclic esters (lactones) is 1. The molecule has 3 N–H and O–H groups in total. The number of phenolic OH excluding ortho intramolecular Hbond substituents is 2. The van der Waals surface area contributed by atoms with Crippen LogP contribution >= 0.6 is 0 Å². The summed E-state index contributed by atoms with van der Waals surface area (Å²) in [6.45, 7) is 2.73. The van der Waals surface area contributed by atoms with E-state index in [0.29, 0.717) is 74.4 Å². The molecule has 0 saturated carbocycles. The minimum atomic E-state index is -0.934. The summed E-state index contributed by atoms with van der Waals surface area (Å²) in [5.74, 6) is -1.71. The number of allylic oxidation sites excluding steroid dienone is 1. The number of likely N-dealkylation sites (N-methyl/N-ethyl adjacent to an activating group) is 1. The van der Waals surface area contributed by atoms with Crippen molar-refractivity contribution >= 4 is 23.7 Å². The van der Waals surface area contributed by atoms with Gasteiger partial charge in [-0.15, -0.1) is 0 Å². The first kappa shape index (κ1) is 35.2. The molecule has 1 heterocycles. The highest BCUT2D eigenvalue weighted by Crippen LogP contribution is 2.47. The molecule has 246 valence electrons. The topological polar surface area (TPSA) is 144 Å². The summed E-state index contributed by atoms with van der Waals surface area (Å²) in [7, 11) is 8.18. The van der Waals surface area contributed by atoms with E-state index in [2.05, 4.69) is 5.32 Å². The lowest BCUT2D eigenvalue weighted by Crippen LogP contribution is -2.32. The smallest absolute Gasteiger partial charge is 0.342 e. The summed E-state index contributed by atoms with van der Waals surface area (Å²) in [5.41, 5.74) is 0.592. The van der Waals surface area contributed by atoms with E-state index >= 15 is 0 Å². The summed E-state index contributed by atoms with van der Waals surface area (Å²) in [6.07, 6.45) is 5.87. The van der Waals surface area contributed by atoms with Crippen molar-refractivity contribution in [2.24, 2.45) is 0 Å². The van der Waals surface area contributed by atoms with Gasteiger partial charge in [0.1, 0.15) is 22.8 Å². The molecular formula is C34H46N2O9. The molecule has 1 unspecified atom stereocenters. The zero-order valence-electron chi connectivity index (χ0n) is 27.1. The van der Waals surface area contributed by atoms with Crippen molar-refractivity contribution in [2.45, 2.75) is 63.9 Å². The Bertz CT molecular complexity index is 1360. The fraction of sp³-hybridized carbons (Fsp3) is 0.500. The lowest BCUT2D eigenvalue weighted by molar-refractivity contribution is -0.121. The van der Waals surface area contributed by atoms with Gasteiger partial charge in [0.05, 0.1) is 27.4 Å². The minimum Gasteiger partial charge on any atom is -0.507 e. The monoisotopic (exact) mass is 626 g/mol. The molecule has 0 saturated heterocycles. The molecule has 0 aromatic heterocycles. The van der Waals surface area contributed by atoms with E-state index in [1.807, 2.05) is 19.0 Å². The molecule has 45 heavy (non-hydrogen) atoms. The summed E-state index contributed by atoms with van der Waals surface area (Å²) < 4.78 is 22.3. The van der Waals surface area contributed by atoms with Gasteiger partial charge in [-0.1, -0.05) is 12.2 Å². The third kappa shape index (κ3) is 9.37. The van der Waals surface area contributed by atoms with Gasteiger partial charge in [-0.3, -0.25) is 9.59 Å². The highest BCUT2D eigenvalue weighted by Gasteiger charge is 2.32. The van der Waals surface area contributed by atoms with E-state index in [1.54, 1.807) is 31.2 Å². The number of hydrogen-bond donors (Lipinski definition) is 3. The highest BCUT2D eigenvalue weighted by molar-refractivity contribution is 5.98. The molecule has 0 aliphatic carbocycles. The number of esters is 1. The molecule has 0 bridgehead atoms. The third-order valence-corrected chi connectivity index (χ3v) is 7.76. The molecule has 11 nitrogen and oxygen atoms in total. The molecule has 2 aromatic rings. The predicted molar refractivity (Wildman–Crippen MR) is 171 cm³/mol. The van der Waals surface area contributed by atoms with E-state index in [1.165, 1.54) is 27.4 Å². The number of Topliss-reactive ketones (excluding diaryl/α,β-unsaturated/α-hetero) is 1. The van der Waals surface area contributed by atoms with Gasteiger partial charge in [0, 0.05) is 43.8 Å². The van der Waals surface area contributed by atoms with Crippen molar-refractivity contribution in [1.82, 2.24) is 10.2 Å². The Labute approximate surface area is 265 Å². The number of ketones is 1. The highest BCUT2D eigenvalue weighted by atomic mass is 16.5. The van der Waals surface area contributed by atoms with E-state index < -0.39 is 23.7 Å². The maximum Gasteiger partial charge on any atom is 0.342 e. The minimum absolute atomic E-state index is 0.0181. The van der Waals surface area contributed by atoms with Crippen LogP contribution in [0.25, 0.3) is 6.08 Å². The van der Waals surface area contributed by atoms with Crippen molar-refractivity contribution in [3.05, 3.63) is 46.5 Å². The van der Waals surface area contributed by atoms with Crippen LogP contribution in [0, 0.1) is 0 Å². The molecule has 1 aliphatic heterocycles. The van der Waals surface area contributed by atoms with Crippen molar-refractivity contribution in [3.63, 3.8) is 0 Å². The zero-order chi connectivity index (χ0) is 33.1. The second-order valence-corrected chi connectivity index (χ2v) is 11.4. The average Bonchev–Trinajstić information content (AvgIpc) is 2.98. The Morgan fingerprint density at radius 3 is 2.33 bits per heavy atom. The molecule has 2 aromatic carbocycles. The first-order chi connectivity index (χ1) is 21.5. The van der Waals surface area contributed by atoms with Crippen LogP contribution in [0.3, 0.4) is 0 Å². The maximum absolute atomic E-state index is 13.6. The molecule has 11 heteroatoms. The lowest BCUT2D eigenvalue weighted by atomic mass is 9.84. The van der Waals surface area contributed by atoms with Gasteiger partial charge >= 0.3 is 5.97 Å². The molecule has 0 radical (unpaired) electrons. The van der Waals surface area contributed by atoms with Crippen LogP contribution < -0.4 is 19.5 Å². The maximum atomic E-state index is 13.6. The van der Waals surface area contributed by atoms with Crippen LogP contribution in [0.2, 0.25) is 0 Å². The SMILES string of the molecule is COc1cc(C(CC(=O)NCCN(C)C)c2c(O)cc3c(c2O)C(=O)O[C@@H](C)CCCC(=O)CCC/C=C/3)cc(OC)c1OC. The number of hydrogen-bond acceptors (Lipinski definition) is 10.